The van der Waals surface area contributed by atoms with E-state index in [1.165, 1.54) is 31.4 Å². The number of rotatable bonds is 5. The number of hydrogen-bond donors (Lipinski definition) is 1. The number of nitro benzene ring substituents is 1. The highest BCUT2D eigenvalue weighted by Gasteiger charge is 2.29. The lowest BCUT2D eigenvalue weighted by Gasteiger charge is -2.35. The number of aromatic nitrogens is 2. The summed E-state index contributed by atoms with van der Waals surface area (Å²) in [5, 5.41) is 14.6. The predicted molar refractivity (Wildman–Crippen MR) is 119 cm³/mol. The Morgan fingerprint density at radius 1 is 1.10 bits per heavy atom. The molecule has 0 unspecified atom stereocenters. The third kappa shape index (κ3) is 5.18. The average molecular weight is 424 g/mol. The van der Waals surface area contributed by atoms with E-state index in [9.17, 15) is 14.9 Å². The van der Waals surface area contributed by atoms with Gasteiger partial charge in [0.15, 0.2) is 5.82 Å². The average Bonchev–Trinajstić information content (AvgIpc) is 2.79. The lowest BCUT2D eigenvalue weighted by Crippen LogP contribution is -2.45. The maximum absolute atomic E-state index is 12.8. The second kappa shape index (κ2) is 9.41. The number of carbonyl (C=O) groups is 1. The predicted octanol–water partition coefficient (Wildman–Crippen LogP) is 4.34. The summed E-state index contributed by atoms with van der Waals surface area (Å²) in [4.78, 5) is 34.5. The topological polar surface area (TPSA) is 101 Å². The molecule has 2 aromatic rings. The Kier molecular flexibility index (Phi) is 6.44. The van der Waals surface area contributed by atoms with E-state index in [2.05, 4.69) is 15.3 Å². The zero-order valence-electron chi connectivity index (χ0n) is 17.9. The van der Waals surface area contributed by atoms with Crippen molar-refractivity contribution in [3.8, 4) is 11.4 Å². The molecule has 2 heterocycles. The number of anilines is 1. The van der Waals surface area contributed by atoms with Crippen LogP contribution in [0.5, 0.6) is 0 Å². The fraction of sp³-hybridized carbons (Fsp3) is 0.522. The second-order valence-corrected chi connectivity index (χ2v) is 8.60. The van der Waals surface area contributed by atoms with Gasteiger partial charge < -0.3 is 10.2 Å². The highest BCUT2D eigenvalue weighted by atomic mass is 16.6. The highest BCUT2D eigenvalue weighted by Crippen LogP contribution is 2.27. The number of amides is 1. The van der Waals surface area contributed by atoms with Crippen LogP contribution in [-0.4, -0.2) is 44.8 Å². The van der Waals surface area contributed by atoms with Gasteiger partial charge in [-0.2, -0.15) is 0 Å². The molecule has 1 saturated heterocycles. The van der Waals surface area contributed by atoms with Crippen molar-refractivity contribution in [2.24, 2.45) is 5.92 Å². The normalized spacial score (nSPS) is 18.0. The van der Waals surface area contributed by atoms with E-state index in [0.717, 1.165) is 44.5 Å². The summed E-state index contributed by atoms with van der Waals surface area (Å²) in [7, 11) is 0. The monoisotopic (exact) mass is 423 g/mol. The van der Waals surface area contributed by atoms with Gasteiger partial charge >= 0.3 is 0 Å². The number of likely N-dealkylation sites (tertiary alicyclic amines) is 1. The molecular formula is C23H29N5O3. The van der Waals surface area contributed by atoms with Gasteiger partial charge in [-0.3, -0.25) is 14.9 Å². The van der Waals surface area contributed by atoms with E-state index in [4.69, 9.17) is 0 Å². The molecule has 1 saturated carbocycles. The molecule has 8 heteroatoms. The fourth-order valence-electron chi connectivity index (χ4n) is 4.59. The van der Waals surface area contributed by atoms with Crippen LogP contribution in [0.15, 0.2) is 30.3 Å². The minimum absolute atomic E-state index is 0.0205. The molecule has 31 heavy (non-hydrogen) atoms. The minimum Gasteiger partial charge on any atom is -0.367 e. The summed E-state index contributed by atoms with van der Waals surface area (Å²) < 4.78 is 0. The molecule has 1 aliphatic heterocycles. The minimum atomic E-state index is -0.416. The number of nitrogens with zero attached hydrogens (tertiary/aromatic N) is 4. The van der Waals surface area contributed by atoms with E-state index in [1.54, 1.807) is 12.1 Å². The molecule has 4 rings (SSSR count). The maximum Gasteiger partial charge on any atom is 0.270 e. The van der Waals surface area contributed by atoms with Gasteiger partial charge in [0.1, 0.15) is 5.82 Å². The first-order valence-corrected chi connectivity index (χ1v) is 11.2. The Labute approximate surface area is 182 Å². The molecule has 0 bridgehead atoms. The Hall–Kier alpha value is -3.03. The van der Waals surface area contributed by atoms with Crippen LogP contribution in [0.25, 0.3) is 11.4 Å². The van der Waals surface area contributed by atoms with Crippen molar-refractivity contribution in [1.29, 1.82) is 0 Å². The van der Waals surface area contributed by atoms with Gasteiger partial charge in [-0.25, -0.2) is 9.97 Å². The molecule has 1 amide bonds. The number of piperidine rings is 1. The van der Waals surface area contributed by atoms with Gasteiger partial charge in [-0.15, -0.1) is 0 Å². The molecule has 0 radical (unpaired) electrons. The Morgan fingerprint density at radius 2 is 1.84 bits per heavy atom. The van der Waals surface area contributed by atoms with E-state index in [-0.39, 0.29) is 17.6 Å². The Balaban J connectivity index is 1.39. The van der Waals surface area contributed by atoms with Crippen molar-refractivity contribution in [3.63, 3.8) is 0 Å². The van der Waals surface area contributed by atoms with Crippen LogP contribution >= 0.6 is 0 Å². The largest absolute Gasteiger partial charge is 0.367 e. The van der Waals surface area contributed by atoms with Crippen LogP contribution in [0, 0.1) is 23.0 Å². The molecule has 164 valence electrons. The van der Waals surface area contributed by atoms with Crippen molar-refractivity contribution in [1.82, 2.24) is 14.9 Å². The molecule has 1 aromatic heterocycles. The fourth-order valence-corrected chi connectivity index (χ4v) is 4.59. The second-order valence-electron chi connectivity index (χ2n) is 8.60. The summed E-state index contributed by atoms with van der Waals surface area (Å²) in [6, 6.07) is 8.50. The molecule has 0 atom stereocenters. The van der Waals surface area contributed by atoms with E-state index in [1.807, 2.05) is 17.9 Å². The highest BCUT2D eigenvalue weighted by molar-refractivity contribution is 5.79. The van der Waals surface area contributed by atoms with Crippen molar-refractivity contribution in [3.05, 3.63) is 46.1 Å². The Bertz CT molecular complexity index is 950. The van der Waals surface area contributed by atoms with Crippen LogP contribution in [0.4, 0.5) is 11.5 Å². The standard InChI is InChI=1S/C23H29N5O3/c1-16-14-21(26-22(24-16)18-8-5-9-20(15-18)28(30)31)25-19-10-12-27(13-11-19)23(29)17-6-3-2-4-7-17/h5,8-9,14-15,17,19H,2-4,6-7,10-13H2,1H3,(H,24,25,26). The first-order chi connectivity index (χ1) is 15.0. The lowest BCUT2D eigenvalue weighted by molar-refractivity contribution is -0.384. The summed E-state index contributed by atoms with van der Waals surface area (Å²) in [5.74, 6) is 1.74. The zero-order valence-corrected chi connectivity index (χ0v) is 17.9. The number of hydrogen-bond acceptors (Lipinski definition) is 6. The zero-order chi connectivity index (χ0) is 21.8. The van der Waals surface area contributed by atoms with Gasteiger partial charge in [0.2, 0.25) is 5.91 Å². The van der Waals surface area contributed by atoms with Gasteiger partial charge in [0, 0.05) is 54.5 Å². The quantitative estimate of drug-likeness (QED) is 0.567. The molecule has 2 fully saturated rings. The van der Waals surface area contributed by atoms with E-state index in [0.29, 0.717) is 23.1 Å². The van der Waals surface area contributed by atoms with Crippen LogP contribution < -0.4 is 5.32 Å². The van der Waals surface area contributed by atoms with Crippen molar-refractivity contribution in [2.75, 3.05) is 18.4 Å². The van der Waals surface area contributed by atoms with Gasteiger partial charge in [-0.1, -0.05) is 31.4 Å². The van der Waals surface area contributed by atoms with Gasteiger partial charge in [0.25, 0.3) is 5.69 Å². The molecule has 1 aromatic carbocycles. The number of nitrogens with one attached hydrogen (secondary N) is 1. The van der Waals surface area contributed by atoms with Crippen LogP contribution in [-0.2, 0) is 4.79 Å². The van der Waals surface area contributed by atoms with Gasteiger partial charge in [-0.05, 0) is 32.6 Å². The summed E-state index contributed by atoms with van der Waals surface area (Å²) in [6.07, 6.45) is 7.45. The molecule has 8 nitrogen and oxygen atoms in total. The third-order valence-electron chi connectivity index (χ3n) is 6.28. The number of non-ortho nitro benzene ring substituents is 1. The maximum atomic E-state index is 12.8. The number of benzene rings is 1. The van der Waals surface area contributed by atoms with E-state index < -0.39 is 4.92 Å². The lowest BCUT2D eigenvalue weighted by atomic mass is 9.87. The summed E-state index contributed by atoms with van der Waals surface area (Å²) in [6.45, 7) is 3.43. The summed E-state index contributed by atoms with van der Waals surface area (Å²) in [5.41, 5.74) is 1.44. The molecule has 0 spiro atoms. The van der Waals surface area contributed by atoms with E-state index >= 15 is 0 Å². The van der Waals surface area contributed by atoms with Crippen molar-refractivity contribution < 1.29 is 9.72 Å². The smallest absolute Gasteiger partial charge is 0.270 e. The number of nitro groups is 1. The van der Waals surface area contributed by atoms with Crippen molar-refractivity contribution >= 4 is 17.4 Å². The van der Waals surface area contributed by atoms with Crippen LogP contribution in [0.1, 0.15) is 50.6 Å². The van der Waals surface area contributed by atoms with Crippen molar-refractivity contribution in [2.45, 2.75) is 57.9 Å². The molecular weight excluding hydrogens is 394 g/mol. The molecule has 1 N–H and O–H groups in total. The SMILES string of the molecule is Cc1cc(NC2CCN(C(=O)C3CCCCC3)CC2)nc(-c2cccc([N+](=O)[O-])c2)n1. The number of carbonyl (C=O) groups excluding carboxylic acids is 1. The third-order valence-corrected chi connectivity index (χ3v) is 6.28. The first kappa shape index (κ1) is 21.2. The Morgan fingerprint density at radius 3 is 2.55 bits per heavy atom. The first-order valence-electron chi connectivity index (χ1n) is 11.2. The summed E-state index contributed by atoms with van der Waals surface area (Å²) >= 11 is 0. The van der Waals surface area contributed by atoms with Crippen LogP contribution in [0.3, 0.4) is 0 Å². The van der Waals surface area contributed by atoms with Gasteiger partial charge in [0.05, 0.1) is 4.92 Å². The molecule has 2 aliphatic rings. The number of aryl methyl sites for hydroxylation is 1. The van der Waals surface area contributed by atoms with Crippen LogP contribution in [0.2, 0.25) is 0 Å². The molecule has 1 aliphatic carbocycles.